The average molecular weight is 827 g/mol. The molecule has 2 N–H and O–H groups in total. The summed E-state index contributed by atoms with van der Waals surface area (Å²) in [7, 11) is -2.49. The Labute approximate surface area is 289 Å². The lowest BCUT2D eigenvalue weighted by atomic mass is 9.76. The molecule has 0 saturated heterocycles. The molecule has 4 nitrogen and oxygen atoms in total. The fraction of sp³-hybridized carbons (Fsp3) is 0.133. The van der Waals surface area contributed by atoms with Crippen LogP contribution in [0.3, 0.4) is 0 Å². The van der Waals surface area contributed by atoms with Crippen molar-refractivity contribution in [1.82, 2.24) is 0 Å². The maximum absolute atomic E-state index is 14.1. The SMILES string of the molecule is N#Cc1c(F)ccc(-c2ccc(C(F)(F)F)cc2C(F)(F)F)c1F.N#Cc1c(F)ccc(Br)c1F.OB(O)c1ccc(C(F)(F)F)cc1C(F)(F)F. The number of hydrogen-bond donors (Lipinski definition) is 2. The Balaban J connectivity index is 0.000000291. The summed E-state index contributed by atoms with van der Waals surface area (Å²) in [5, 5.41) is 34.2. The van der Waals surface area contributed by atoms with Gasteiger partial charge in [0, 0.05) is 5.56 Å². The van der Waals surface area contributed by atoms with Crippen molar-refractivity contribution in [2.24, 2.45) is 0 Å². The van der Waals surface area contributed by atoms with Crippen LogP contribution in [0.25, 0.3) is 11.1 Å². The minimum Gasteiger partial charge on any atom is -0.423 e. The molecule has 0 fully saturated rings. The van der Waals surface area contributed by atoms with Crippen molar-refractivity contribution < 1.29 is 80.3 Å². The van der Waals surface area contributed by atoms with Gasteiger partial charge >= 0.3 is 31.8 Å². The summed E-state index contributed by atoms with van der Waals surface area (Å²) in [6, 6.07) is 7.22. The van der Waals surface area contributed by atoms with E-state index in [1.807, 2.05) is 0 Å². The van der Waals surface area contributed by atoms with Gasteiger partial charge in [0.1, 0.15) is 34.9 Å². The molecule has 0 radical (unpaired) electrons. The predicted molar refractivity (Wildman–Crippen MR) is 152 cm³/mol. The van der Waals surface area contributed by atoms with E-state index in [-0.39, 0.29) is 16.6 Å². The zero-order valence-corrected chi connectivity index (χ0v) is 26.2. The second kappa shape index (κ2) is 16.3. The number of hydrogen-bond acceptors (Lipinski definition) is 4. The largest absolute Gasteiger partial charge is 0.489 e. The molecule has 0 atom stereocenters. The van der Waals surface area contributed by atoms with Crippen LogP contribution in [0.1, 0.15) is 33.4 Å². The summed E-state index contributed by atoms with van der Waals surface area (Å²) in [5.41, 5.74) is -11.0. The summed E-state index contributed by atoms with van der Waals surface area (Å²) in [6.07, 6.45) is -20.3. The lowest BCUT2D eigenvalue weighted by Gasteiger charge is -2.16. The van der Waals surface area contributed by atoms with Gasteiger partial charge in [0.05, 0.1) is 26.7 Å². The van der Waals surface area contributed by atoms with E-state index < -0.39 is 105 Å². The molecule has 0 spiro atoms. The quantitative estimate of drug-likeness (QED) is 0.120. The average Bonchev–Trinajstić information content (AvgIpc) is 3.02. The van der Waals surface area contributed by atoms with E-state index in [2.05, 4.69) is 15.9 Å². The van der Waals surface area contributed by atoms with Crippen molar-refractivity contribution in [2.45, 2.75) is 24.7 Å². The molecule has 0 aromatic heterocycles. The molecule has 22 heteroatoms. The smallest absolute Gasteiger partial charge is 0.423 e. The summed E-state index contributed by atoms with van der Waals surface area (Å²) in [4.78, 5) is 0. The molecule has 0 aliphatic rings. The third kappa shape index (κ3) is 10.6. The molecule has 276 valence electrons. The number of alkyl halides is 12. The van der Waals surface area contributed by atoms with Gasteiger partial charge < -0.3 is 10.0 Å². The molecule has 0 bridgehead atoms. The monoisotopic (exact) mass is 826 g/mol. The van der Waals surface area contributed by atoms with Gasteiger partial charge in [0.15, 0.2) is 11.6 Å². The standard InChI is InChI=1S/C15H5F8N.C8H5BF6O2.C7H2BrF2N/c16-12-4-3-9(13(17)10(12)6-24)8-2-1-7(14(18,19)20)5-11(8)15(21,22)23;10-7(11,12)4-1-2-6(9(16)17)5(3-4)8(13,14)15;8-5-1-2-6(9)4(3-11)7(5)10/h1-5H;1-3,16-17H;1-2H. The van der Waals surface area contributed by atoms with Crippen molar-refractivity contribution in [1.29, 1.82) is 10.5 Å². The zero-order valence-electron chi connectivity index (χ0n) is 24.6. The first-order chi connectivity index (χ1) is 23.7. The minimum atomic E-state index is -5.22. The van der Waals surface area contributed by atoms with Crippen LogP contribution in [0.4, 0.5) is 70.2 Å². The molecule has 0 heterocycles. The molecule has 0 amide bonds. The van der Waals surface area contributed by atoms with E-state index in [0.717, 1.165) is 12.1 Å². The van der Waals surface area contributed by atoms with E-state index in [1.54, 1.807) is 0 Å². The van der Waals surface area contributed by atoms with Crippen LogP contribution in [0.5, 0.6) is 0 Å². The summed E-state index contributed by atoms with van der Waals surface area (Å²) >= 11 is 2.83. The first-order valence-electron chi connectivity index (χ1n) is 13.0. The predicted octanol–water partition coefficient (Wildman–Crippen LogP) is 9.54. The molecule has 4 aromatic carbocycles. The zero-order chi connectivity index (χ0) is 40.1. The van der Waals surface area contributed by atoms with Crippen molar-refractivity contribution in [3.8, 4) is 23.3 Å². The number of halogens is 17. The summed E-state index contributed by atoms with van der Waals surface area (Å²) in [6.45, 7) is 0. The molecule has 4 aromatic rings. The first-order valence-corrected chi connectivity index (χ1v) is 13.8. The fourth-order valence-electron chi connectivity index (χ4n) is 3.89. The molecule has 52 heavy (non-hydrogen) atoms. The number of rotatable bonds is 2. The molecule has 0 aliphatic heterocycles. The third-order valence-corrected chi connectivity index (χ3v) is 6.88. The van der Waals surface area contributed by atoms with Gasteiger partial charge in [-0.2, -0.15) is 63.2 Å². The van der Waals surface area contributed by atoms with Crippen LogP contribution in [0.2, 0.25) is 0 Å². The van der Waals surface area contributed by atoms with Gasteiger partial charge in [-0.05, 0) is 69.4 Å². The van der Waals surface area contributed by atoms with Crippen LogP contribution < -0.4 is 5.46 Å². The Morgan fingerprint density at radius 3 is 1.33 bits per heavy atom. The number of nitriles is 2. The topological polar surface area (TPSA) is 88.0 Å². The van der Waals surface area contributed by atoms with E-state index in [4.69, 9.17) is 20.6 Å². The second-order valence-corrected chi connectivity index (χ2v) is 10.5. The number of nitrogens with zero attached hydrogens (tertiary/aromatic N) is 2. The van der Waals surface area contributed by atoms with E-state index >= 15 is 0 Å². The van der Waals surface area contributed by atoms with E-state index in [9.17, 15) is 70.2 Å². The Hall–Kier alpha value is -4.80. The molecule has 0 saturated carbocycles. The van der Waals surface area contributed by atoms with Crippen LogP contribution >= 0.6 is 15.9 Å². The highest BCUT2D eigenvalue weighted by Crippen LogP contribution is 2.42. The molecular weight excluding hydrogens is 815 g/mol. The van der Waals surface area contributed by atoms with Crippen LogP contribution in [-0.4, -0.2) is 17.2 Å². The van der Waals surface area contributed by atoms with Gasteiger partial charge in [-0.15, -0.1) is 0 Å². The van der Waals surface area contributed by atoms with Gasteiger partial charge in [-0.1, -0.05) is 18.2 Å². The highest BCUT2D eigenvalue weighted by Gasteiger charge is 2.41. The molecule has 4 rings (SSSR count). The van der Waals surface area contributed by atoms with Crippen molar-refractivity contribution in [3.05, 3.63) is 122 Å². The lowest BCUT2D eigenvalue weighted by molar-refractivity contribution is -0.144. The Kier molecular flexibility index (Phi) is 13.6. The van der Waals surface area contributed by atoms with Crippen LogP contribution in [0, 0.1) is 45.9 Å². The van der Waals surface area contributed by atoms with Gasteiger partial charge in [-0.25, -0.2) is 17.6 Å². The van der Waals surface area contributed by atoms with Crippen LogP contribution in [0.15, 0.2) is 65.1 Å². The highest BCUT2D eigenvalue weighted by atomic mass is 79.9. The van der Waals surface area contributed by atoms with Gasteiger partial charge in [-0.3, -0.25) is 0 Å². The van der Waals surface area contributed by atoms with E-state index in [0.29, 0.717) is 36.4 Å². The first kappa shape index (κ1) is 43.4. The van der Waals surface area contributed by atoms with Crippen molar-refractivity contribution >= 4 is 28.5 Å². The molecule has 0 unspecified atom stereocenters. The molecule has 0 aliphatic carbocycles. The fourth-order valence-corrected chi connectivity index (χ4v) is 4.22. The number of benzene rings is 4. The summed E-state index contributed by atoms with van der Waals surface area (Å²) in [5.74, 6) is -4.57. The Bertz CT molecular complexity index is 2010. The Morgan fingerprint density at radius 2 is 0.923 bits per heavy atom. The second-order valence-electron chi connectivity index (χ2n) is 9.65. The van der Waals surface area contributed by atoms with Crippen molar-refractivity contribution in [2.75, 3.05) is 0 Å². The molecular formula is C30H12BBrF16N2O2. The van der Waals surface area contributed by atoms with E-state index in [1.165, 1.54) is 12.1 Å². The maximum Gasteiger partial charge on any atom is 0.489 e. The Morgan fingerprint density at radius 1 is 0.519 bits per heavy atom. The third-order valence-electron chi connectivity index (χ3n) is 6.27. The summed E-state index contributed by atoms with van der Waals surface area (Å²) < 4.78 is 204. The maximum atomic E-state index is 14.1. The van der Waals surface area contributed by atoms with Crippen molar-refractivity contribution in [3.63, 3.8) is 0 Å². The normalized spacial score (nSPS) is 11.7. The van der Waals surface area contributed by atoms with Gasteiger partial charge in [0.25, 0.3) is 0 Å². The minimum absolute atomic E-state index is 0.0930. The van der Waals surface area contributed by atoms with Gasteiger partial charge in [0.2, 0.25) is 0 Å². The lowest BCUT2D eigenvalue weighted by Crippen LogP contribution is -2.36. The van der Waals surface area contributed by atoms with Crippen LogP contribution in [-0.2, 0) is 24.7 Å². The highest BCUT2D eigenvalue weighted by molar-refractivity contribution is 9.10.